The van der Waals surface area contributed by atoms with Crippen molar-refractivity contribution in [2.24, 2.45) is 0 Å². The number of thioether (sulfide) groups is 1. The highest BCUT2D eigenvalue weighted by Gasteiger charge is 2.10. The van der Waals surface area contributed by atoms with Crippen LogP contribution in [0.1, 0.15) is 38.6 Å². The van der Waals surface area contributed by atoms with Crippen molar-refractivity contribution in [1.29, 1.82) is 0 Å². The molecule has 0 aliphatic carbocycles. The van der Waals surface area contributed by atoms with Crippen molar-refractivity contribution in [3.8, 4) is 0 Å². The van der Waals surface area contributed by atoms with Crippen molar-refractivity contribution < 1.29 is 0 Å². The first kappa shape index (κ1) is 13.0. The number of aromatic nitrogens is 1. The molecule has 1 heterocycles. The van der Waals surface area contributed by atoms with Gasteiger partial charge >= 0.3 is 0 Å². The van der Waals surface area contributed by atoms with Crippen molar-refractivity contribution in [3.63, 3.8) is 0 Å². The molecule has 0 spiro atoms. The average Bonchev–Trinajstić information content (AvgIpc) is 2.63. The summed E-state index contributed by atoms with van der Waals surface area (Å²) in [6.07, 6.45) is 1.94. The lowest BCUT2D eigenvalue weighted by Crippen LogP contribution is -2.22. The van der Waals surface area contributed by atoms with E-state index < -0.39 is 0 Å². The molecule has 2 nitrogen and oxygen atoms in total. The molecule has 0 fully saturated rings. The predicted octanol–water partition coefficient (Wildman–Crippen LogP) is 3.33. The summed E-state index contributed by atoms with van der Waals surface area (Å²) in [5, 5.41) is 3.51. The molecular formula is C11H20N2S2. The fraction of sp³-hybridized carbons (Fsp3) is 0.727. The van der Waals surface area contributed by atoms with Crippen LogP contribution in [-0.4, -0.2) is 22.0 Å². The summed E-state index contributed by atoms with van der Waals surface area (Å²) >= 11 is 3.71. The molecule has 15 heavy (non-hydrogen) atoms. The van der Waals surface area contributed by atoms with E-state index in [4.69, 9.17) is 0 Å². The molecule has 1 unspecified atom stereocenters. The molecule has 1 rings (SSSR count). The van der Waals surface area contributed by atoms with E-state index in [0.29, 0.717) is 10.8 Å². The Morgan fingerprint density at radius 1 is 1.53 bits per heavy atom. The average molecular weight is 244 g/mol. The van der Waals surface area contributed by atoms with Gasteiger partial charge in [-0.1, -0.05) is 20.8 Å². The minimum absolute atomic E-state index is 0.370. The van der Waals surface area contributed by atoms with Gasteiger partial charge in [-0.3, -0.25) is 4.98 Å². The summed E-state index contributed by atoms with van der Waals surface area (Å²) in [7, 11) is 0. The molecule has 0 saturated carbocycles. The van der Waals surface area contributed by atoms with E-state index >= 15 is 0 Å². The van der Waals surface area contributed by atoms with Gasteiger partial charge in [0.2, 0.25) is 0 Å². The van der Waals surface area contributed by atoms with E-state index in [9.17, 15) is 0 Å². The summed E-state index contributed by atoms with van der Waals surface area (Å²) in [6.45, 7) is 10.0. The Bertz CT molecular complexity index is 265. The number of rotatable bonds is 5. The summed E-state index contributed by atoms with van der Waals surface area (Å²) in [5.74, 6) is 1.16. The van der Waals surface area contributed by atoms with Crippen molar-refractivity contribution in [3.05, 3.63) is 16.6 Å². The van der Waals surface area contributed by atoms with Crippen LogP contribution in [0.15, 0.2) is 11.7 Å². The van der Waals surface area contributed by atoms with Gasteiger partial charge in [-0.2, -0.15) is 11.8 Å². The van der Waals surface area contributed by atoms with Crippen LogP contribution in [0.4, 0.5) is 0 Å². The molecule has 0 amide bonds. The number of nitrogens with one attached hydrogen (secondary N) is 1. The Hall–Kier alpha value is -0.0600. The molecule has 1 atom stereocenters. The van der Waals surface area contributed by atoms with Crippen LogP contribution in [0.25, 0.3) is 0 Å². The molecule has 1 aromatic heterocycles. The Balaban J connectivity index is 2.16. The highest BCUT2D eigenvalue weighted by atomic mass is 32.2. The fourth-order valence-electron chi connectivity index (χ4n) is 1.17. The van der Waals surface area contributed by atoms with Gasteiger partial charge in [0.25, 0.3) is 0 Å². The van der Waals surface area contributed by atoms with Crippen LogP contribution in [0.3, 0.4) is 0 Å². The SMILES string of the molecule is CC(NCCSC(C)(C)C)c1cncs1. The minimum Gasteiger partial charge on any atom is -0.309 e. The molecule has 0 saturated heterocycles. The molecule has 0 radical (unpaired) electrons. The standard InChI is InChI=1S/C11H20N2S2/c1-9(10-7-12-8-14-10)13-5-6-15-11(2,3)4/h7-9,13H,5-6H2,1-4H3. The van der Waals surface area contributed by atoms with E-state index in [-0.39, 0.29) is 0 Å². The second-order valence-corrected chi connectivity index (χ2v) is 7.38. The number of hydrogen-bond acceptors (Lipinski definition) is 4. The van der Waals surface area contributed by atoms with Gasteiger partial charge in [-0.25, -0.2) is 0 Å². The molecule has 0 aliphatic heterocycles. The molecule has 86 valence electrons. The third kappa shape index (κ3) is 5.54. The molecule has 1 aromatic rings. The maximum absolute atomic E-state index is 4.08. The van der Waals surface area contributed by atoms with Crippen molar-refractivity contribution in [2.45, 2.75) is 38.5 Å². The van der Waals surface area contributed by atoms with Crippen molar-refractivity contribution >= 4 is 23.1 Å². The summed E-state index contributed by atoms with van der Waals surface area (Å²) < 4.78 is 0.370. The van der Waals surface area contributed by atoms with E-state index in [1.54, 1.807) is 11.3 Å². The first-order valence-corrected chi connectivity index (χ1v) is 7.11. The van der Waals surface area contributed by atoms with Gasteiger partial charge in [0.15, 0.2) is 0 Å². The Morgan fingerprint density at radius 3 is 2.80 bits per heavy atom. The van der Waals surface area contributed by atoms with Gasteiger partial charge < -0.3 is 5.32 Å². The smallest absolute Gasteiger partial charge is 0.0794 e. The van der Waals surface area contributed by atoms with Crippen molar-refractivity contribution in [2.75, 3.05) is 12.3 Å². The summed E-state index contributed by atoms with van der Waals surface area (Å²) in [6, 6.07) is 0.429. The molecule has 4 heteroatoms. The normalized spacial score (nSPS) is 14.1. The summed E-state index contributed by atoms with van der Waals surface area (Å²) in [4.78, 5) is 5.40. The van der Waals surface area contributed by atoms with Crippen LogP contribution in [-0.2, 0) is 0 Å². The van der Waals surface area contributed by atoms with Crippen LogP contribution < -0.4 is 5.32 Å². The number of thiazole rings is 1. The first-order chi connectivity index (χ1) is 6.99. The van der Waals surface area contributed by atoms with Gasteiger partial charge in [0.1, 0.15) is 0 Å². The van der Waals surface area contributed by atoms with E-state index in [0.717, 1.165) is 12.3 Å². The van der Waals surface area contributed by atoms with Gasteiger partial charge in [-0.05, 0) is 6.92 Å². The topological polar surface area (TPSA) is 24.9 Å². The zero-order valence-corrected chi connectivity index (χ0v) is 11.5. The number of nitrogens with zero attached hydrogens (tertiary/aromatic N) is 1. The second-order valence-electron chi connectivity index (χ2n) is 4.54. The first-order valence-electron chi connectivity index (χ1n) is 5.25. The molecule has 1 N–H and O–H groups in total. The van der Waals surface area contributed by atoms with Gasteiger partial charge in [-0.15, -0.1) is 11.3 Å². The van der Waals surface area contributed by atoms with Crippen LogP contribution >= 0.6 is 23.1 Å². The zero-order chi connectivity index (χ0) is 11.3. The third-order valence-electron chi connectivity index (χ3n) is 1.97. The Kier molecular flexibility index (Phi) is 5.09. The maximum atomic E-state index is 4.08. The molecular weight excluding hydrogens is 224 g/mol. The fourth-order valence-corrected chi connectivity index (χ4v) is 2.66. The molecule has 0 bridgehead atoms. The van der Waals surface area contributed by atoms with Crippen molar-refractivity contribution in [1.82, 2.24) is 10.3 Å². The molecule has 0 aromatic carbocycles. The molecule has 0 aliphatic rings. The van der Waals surface area contributed by atoms with Crippen LogP contribution in [0.2, 0.25) is 0 Å². The van der Waals surface area contributed by atoms with Crippen LogP contribution in [0, 0.1) is 0 Å². The quantitative estimate of drug-likeness (QED) is 0.804. The lowest BCUT2D eigenvalue weighted by Gasteiger charge is -2.18. The zero-order valence-electron chi connectivity index (χ0n) is 9.91. The lowest BCUT2D eigenvalue weighted by atomic mass is 10.3. The largest absolute Gasteiger partial charge is 0.309 e. The maximum Gasteiger partial charge on any atom is 0.0794 e. The predicted molar refractivity (Wildman–Crippen MR) is 70.7 cm³/mol. The Labute approximate surface area is 101 Å². The highest BCUT2D eigenvalue weighted by Crippen LogP contribution is 2.22. The lowest BCUT2D eigenvalue weighted by molar-refractivity contribution is 0.608. The summed E-state index contributed by atoms with van der Waals surface area (Å²) in [5.41, 5.74) is 1.89. The van der Waals surface area contributed by atoms with Crippen LogP contribution in [0.5, 0.6) is 0 Å². The highest BCUT2D eigenvalue weighted by molar-refractivity contribution is 8.00. The number of hydrogen-bond donors (Lipinski definition) is 1. The van der Waals surface area contributed by atoms with Gasteiger partial charge in [0, 0.05) is 34.2 Å². The van der Waals surface area contributed by atoms with E-state index in [2.05, 4.69) is 38.0 Å². The van der Waals surface area contributed by atoms with E-state index in [1.165, 1.54) is 4.88 Å². The van der Waals surface area contributed by atoms with E-state index in [1.807, 2.05) is 23.5 Å². The Morgan fingerprint density at radius 2 is 2.27 bits per heavy atom. The third-order valence-corrected chi connectivity index (χ3v) is 4.20. The monoisotopic (exact) mass is 244 g/mol. The minimum atomic E-state index is 0.370. The second kappa shape index (κ2) is 5.87. The van der Waals surface area contributed by atoms with Gasteiger partial charge in [0.05, 0.1) is 5.51 Å².